The van der Waals surface area contributed by atoms with Gasteiger partial charge in [-0.05, 0) is 37.5 Å². The lowest BCUT2D eigenvalue weighted by atomic mass is 9.92. The van der Waals surface area contributed by atoms with Crippen LogP contribution in [0.1, 0.15) is 19.3 Å². The molecule has 0 radical (unpaired) electrons. The van der Waals surface area contributed by atoms with Crippen LogP contribution in [0.25, 0.3) is 0 Å². The molecule has 1 heterocycles. The molecule has 3 N–H and O–H groups in total. The van der Waals surface area contributed by atoms with E-state index in [0.717, 1.165) is 23.0 Å². The van der Waals surface area contributed by atoms with E-state index < -0.39 is 0 Å². The van der Waals surface area contributed by atoms with Crippen LogP contribution in [0.4, 0.5) is 23.0 Å². The lowest BCUT2D eigenvalue weighted by Gasteiger charge is -2.35. The van der Waals surface area contributed by atoms with Gasteiger partial charge in [0.15, 0.2) is 0 Å². The van der Waals surface area contributed by atoms with Crippen LogP contribution in [-0.4, -0.2) is 23.1 Å². The molecule has 0 unspecified atom stereocenters. The van der Waals surface area contributed by atoms with E-state index in [-0.39, 0.29) is 0 Å². The third kappa shape index (κ3) is 2.66. The van der Waals surface area contributed by atoms with Crippen LogP contribution in [0.3, 0.4) is 0 Å². The molecule has 3 rings (SSSR count). The quantitative estimate of drug-likeness (QED) is 0.835. The van der Waals surface area contributed by atoms with Crippen LogP contribution in [0.15, 0.2) is 36.7 Å². The van der Waals surface area contributed by atoms with Gasteiger partial charge in [-0.25, -0.2) is 9.97 Å². The van der Waals surface area contributed by atoms with Crippen LogP contribution in [0.5, 0.6) is 0 Å². The van der Waals surface area contributed by atoms with Crippen molar-refractivity contribution in [3.63, 3.8) is 0 Å². The van der Waals surface area contributed by atoms with E-state index in [9.17, 15) is 0 Å². The molecular weight excluding hydrogens is 250 g/mol. The smallest absolute Gasteiger partial charge is 0.135 e. The number of nitrogen functional groups attached to an aromatic ring is 1. The average Bonchev–Trinajstić information content (AvgIpc) is 2.37. The fourth-order valence-electron chi connectivity index (χ4n) is 2.33. The van der Waals surface area contributed by atoms with Crippen LogP contribution in [0, 0.1) is 0 Å². The fourth-order valence-corrected chi connectivity index (χ4v) is 2.33. The topological polar surface area (TPSA) is 67.1 Å². The number of hydrogen-bond donors (Lipinski definition) is 2. The van der Waals surface area contributed by atoms with E-state index in [1.165, 1.54) is 19.3 Å². The molecule has 104 valence electrons. The normalized spacial score (nSPS) is 14.7. The number of nitrogens with one attached hydrogen (secondary N) is 1. The summed E-state index contributed by atoms with van der Waals surface area (Å²) < 4.78 is 0. The highest BCUT2D eigenvalue weighted by atomic mass is 15.2. The maximum Gasteiger partial charge on any atom is 0.135 e. The van der Waals surface area contributed by atoms with Gasteiger partial charge in [-0.1, -0.05) is 6.07 Å². The summed E-state index contributed by atoms with van der Waals surface area (Å²) >= 11 is 0. The van der Waals surface area contributed by atoms with E-state index in [1.807, 2.05) is 30.3 Å². The monoisotopic (exact) mass is 269 g/mol. The van der Waals surface area contributed by atoms with Gasteiger partial charge in [-0.3, -0.25) is 0 Å². The molecule has 2 aromatic rings. The lowest BCUT2D eigenvalue weighted by molar-refractivity contribution is 0.399. The molecule has 1 saturated carbocycles. The van der Waals surface area contributed by atoms with Gasteiger partial charge < -0.3 is 16.0 Å². The fraction of sp³-hybridized carbons (Fsp3) is 0.333. The highest BCUT2D eigenvalue weighted by Crippen LogP contribution is 2.28. The van der Waals surface area contributed by atoms with Gasteiger partial charge in [0, 0.05) is 30.5 Å². The number of anilines is 4. The zero-order valence-electron chi connectivity index (χ0n) is 11.6. The number of nitrogens with zero attached hydrogens (tertiary/aromatic N) is 3. The van der Waals surface area contributed by atoms with Gasteiger partial charge in [0.2, 0.25) is 0 Å². The summed E-state index contributed by atoms with van der Waals surface area (Å²) in [7, 11) is 2.09. The summed E-state index contributed by atoms with van der Waals surface area (Å²) in [6.45, 7) is 0. The first-order chi connectivity index (χ1) is 9.72. The van der Waals surface area contributed by atoms with Crippen LogP contribution in [0.2, 0.25) is 0 Å². The van der Waals surface area contributed by atoms with Gasteiger partial charge in [-0.2, -0.15) is 0 Å². The zero-order valence-corrected chi connectivity index (χ0v) is 11.6. The lowest BCUT2D eigenvalue weighted by Crippen LogP contribution is -2.37. The first-order valence-corrected chi connectivity index (χ1v) is 6.90. The summed E-state index contributed by atoms with van der Waals surface area (Å²) in [6, 6.07) is 10.2. The summed E-state index contributed by atoms with van der Waals surface area (Å²) in [5.41, 5.74) is 7.44. The number of hydrogen-bond acceptors (Lipinski definition) is 5. The Balaban J connectivity index is 1.77. The molecule has 1 aromatic carbocycles. The van der Waals surface area contributed by atoms with Crippen molar-refractivity contribution in [2.24, 2.45) is 0 Å². The Labute approximate surface area is 118 Å². The molecule has 5 heteroatoms. The molecule has 20 heavy (non-hydrogen) atoms. The average molecular weight is 269 g/mol. The van der Waals surface area contributed by atoms with E-state index in [4.69, 9.17) is 5.73 Å². The minimum atomic E-state index is 0.616. The minimum absolute atomic E-state index is 0.616. The van der Waals surface area contributed by atoms with Crippen LogP contribution >= 0.6 is 0 Å². The van der Waals surface area contributed by atoms with Gasteiger partial charge >= 0.3 is 0 Å². The molecule has 1 fully saturated rings. The SMILES string of the molecule is CN(c1cc(Nc2cccc(N)c2)ncn1)C1CCC1. The maximum atomic E-state index is 5.77. The highest BCUT2D eigenvalue weighted by molar-refractivity contribution is 5.63. The predicted octanol–water partition coefficient (Wildman–Crippen LogP) is 2.79. The Morgan fingerprint density at radius 3 is 2.80 bits per heavy atom. The Morgan fingerprint density at radius 1 is 1.25 bits per heavy atom. The number of rotatable bonds is 4. The van der Waals surface area contributed by atoms with Gasteiger partial charge in [-0.15, -0.1) is 0 Å². The molecule has 0 spiro atoms. The molecule has 0 amide bonds. The van der Waals surface area contributed by atoms with E-state index in [1.54, 1.807) is 6.33 Å². The Morgan fingerprint density at radius 2 is 2.10 bits per heavy atom. The van der Waals surface area contributed by atoms with Gasteiger partial charge in [0.1, 0.15) is 18.0 Å². The second-order valence-electron chi connectivity index (χ2n) is 5.21. The molecule has 5 nitrogen and oxygen atoms in total. The zero-order chi connectivity index (χ0) is 13.9. The van der Waals surface area contributed by atoms with E-state index >= 15 is 0 Å². The van der Waals surface area contributed by atoms with Crippen molar-refractivity contribution in [2.75, 3.05) is 23.0 Å². The third-order valence-electron chi connectivity index (χ3n) is 3.80. The maximum absolute atomic E-state index is 5.77. The first-order valence-electron chi connectivity index (χ1n) is 6.90. The van der Waals surface area contributed by atoms with E-state index in [2.05, 4.69) is 27.2 Å². The van der Waals surface area contributed by atoms with Crippen molar-refractivity contribution in [2.45, 2.75) is 25.3 Å². The largest absolute Gasteiger partial charge is 0.399 e. The molecule has 0 saturated heterocycles. The second kappa shape index (κ2) is 5.36. The van der Waals surface area contributed by atoms with Crippen LogP contribution in [-0.2, 0) is 0 Å². The summed E-state index contributed by atoms with van der Waals surface area (Å²) in [5, 5.41) is 3.26. The molecule has 0 atom stereocenters. The standard InChI is InChI=1S/C15H19N5/c1-20(13-6-3-7-13)15-9-14(17-10-18-15)19-12-5-2-4-11(16)8-12/h2,4-5,8-10,13H,3,6-7,16H2,1H3,(H,17,18,19). The number of nitrogens with two attached hydrogens (primary N) is 1. The molecular formula is C15H19N5. The first kappa shape index (κ1) is 12.7. The minimum Gasteiger partial charge on any atom is -0.399 e. The Kier molecular flexibility index (Phi) is 3.41. The van der Waals surface area contributed by atoms with Crippen molar-refractivity contribution in [3.05, 3.63) is 36.7 Å². The van der Waals surface area contributed by atoms with Crippen molar-refractivity contribution in [1.29, 1.82) is 0 Å². The third-order valence-corrected chi connectivity index (χ3v) is 3.80. The Bertz CT molecular complexity index is 594. The number of aromatic nitrogens is 2. The summed E-state index contributed by atoms with van der Waals surface area (Å²) in [6.07, 6.45) is 5.41. The molecule has 1 aliphatic rings. The number of benzene rings is 1. The van der Waals surface area contributed by atoms with Crippen molar-refractivity contribution in [3.8, 4) is 0 Å². The van der Waals surface area contributed by atoms with Crippen LogP contribution < -0.4 is 16.0 Å². The molecule has 1 aromatic heterocycles. The summed E-state index contributed by atoms with van der Waals surface area (Å²) in [4.78, 5) is 10.8. The molecule has 1 aliphatic carbocycles. The Hall–Kier alpha value is -2.30. The van der Waals surface area contributed by atoms with E-state index in [0.29, 0.717) is 6.04 Å². The second-order valence-corrected chi connectivity index (χ2v) is 5.21. The predicted molar refractivity (Wildman–Crippen MR) is 82.2 cm³/mol. The molecule has 0 aliphatic heterocycles. The molecule has 0 bridgehead atoms. The van der Waals surface area contributed by atoms with Crippen molar-refractivity contribution in [1.82, 2.24) is 9.97 Å². The van der Waals surface area contributed by atoms with Gasteiger partial charge in [0.25, 0.3) is 0 Å². The van der Waals surface area contributed by atoms with Crippen molar-refractivity contribution >= 4 is 23.0 Å². The highest BCUT2D eigenvalue weighted by Gasteiger charge is 2.23. The van der Waals surface area contributed by atoms with Crippen molar-refractivity contribution < 1.29 is 0 Å². The van der Waals surface area contributed by atoms with Gasteiger partial charge in [0.05, 0.1) is 0 Å². The summed E-state index contributed by atoms with van der Waals surface area (Å²) in [5.74, 6) is 1.74.